The summed E-state index contributed by atoms with van der Waals surface area (Å²) < 4.78 is 0. The van der Waals surface area contributed by atoms with Crippen LogP contribution < -0.4 is 0 Å². The number of rotatable bonds is 5. The fourth-order valence-corrected chi connectivity index (χ4v) is 6.57. The predicted molar refractivity (Wildman–Crippen MR) is 114 cm³/mol. The van der Waals surface area contributed by atoms with Gasteiger partial charge in [-0.05, 0) is 82.1 Å². The lowest BCUT2D eigenvalue weighted by atomic mass is 9.61. The highest BCUT2D eigenvalue weighted by atomic mass is 16.3. The Morgan fingerprint density at radius 3 is 2.59 bits per heavy atom. The molecule has 4 nitrogen and oxygen atoms in total. The molecule has 0 heterocycles. The van der Waals surface area contributed by atoms with E-state index < -0.39 is 17.1 Å². The minimum absolute atomic E-state index is 0.0243. The van der Waals surface area contributed by atoms with Crippen molar-refractivity contribution in [2.24, 2.45) is 29.1 Å². The van der Waals surface area contributed by atoms with Crippen LogP contribution in [-0.2, 0) is 9.59 Å². The molecule has 0 aliphatic heterocycles. The van der Waals surface area contributed by atoms with E-state index in [1.165, 1.54) is 5.57 Å². The minimum atomic E-state index is -1.09. The van der Waals surface area contributed by atoms with Crippen LogP contribution in [0.3, 0.4) is 0 Å². The number of carbonyl (C=O) groups excluding carboxylic acids is 2. The molecular formula is C25H38O4. The molecule has 0 aromatic carbocycles. The first kappa shape index (κ1) is 22.4. The van der Waals surface area contributed by atoms with Crippen LogP contribution in [0.5, 0.6) is 0 Å². The van der Waals surface area contributed by atoms with Gasteiger partial charge in [0.1, 0.15) is 12.1 Å². The van der Waals surface area contributed by atoms with E-state index in [4.69, 9.17) is 0 Å². The number of carbonyl (C=O) groups is 2. The molecule has 7 atom stereocenters. The molecule has 0 radical (unpaired) electrons. The van der Waals surface area contributed by atoms with E-state index in [2.05, 4.69) is 33.8 Å². The Kier molecular flexibility index (Phi) is 6.01. The molecule has 4 heteroatoms. The van der Waals surface area contributed by atoms with Gasteiger partial charge in [-0.3, -0.25) is 9.59 Å². The number of fused-ring (bicyclic) bond motifs is 2. The maximum atomic E-state index is 12.6. The standard InChI is InChI=1S/C25H38O4/c1-16(2)7-6-8-17(3)25(29)12-11-23(4)13-19-22(20(27)14-24(19,5)28)18(15-26)9-10-21(23)25/h7,9,15,17,19,21-22,28-29H,6,8,10-14H2,1-5H3/b18-9-/t17-,19-,21+,22+,23+,24+,25-/m1/s1. The summed E-state index contributed by atoms with van der Waals surface area (Å²) >= 11 is 0. The van der Waals surface area contributed by atoms with Crippen LogP contribution in [0.15, 0.2) is 23.3 Å². The average Bonchev–Trinajstić information content (AvgIpc) is 2.98. The third-order valence-electron chi connectivity index (χ3n) is 8.40. The van der Waals surface area contributed by atoms with Gasteiger partial charge in [0.15, 0.2) is 0 Å². The van der Waals surface area contributed by atoms with Gasteiger partial charge >= 0.3 is 0 Å². The largest absolute Gasteiger partial charge is 0.389 e. The van der Waals surface area contributed by atoms with Gasteiger partial charge in [0.25, 0.3) is 0 Å². The maximum Gasteiger partial charge on any atom is 0.146 e. The van der Waals surface area contributed by atoms with Crippen molar-refractivity contribution in [1.82, 2.24) is 0 Å². The quantitative estimate of drug-likeness (QED) is 0.528. The highest BCUT2D eigenvalue weighted by Crippen LogP contribution is 2.61. The number of aldehydes is 1. The Morgan fingerprint density at radius 2 is 1.97 bits per heavy atom. The maximum absolute atomic E-state index is 12.6. The molecule has 3 aliphatic rings. The zero-order chi connectivity index (χ0) is 21.6. The normalized spacial score (nSPS) is 44.7. The molecule has 0 aromatic rings. The molecule has 2 saturated carbocycles. The molecule has 0 amide bonds. The van der Waals surface area contributed by atoms with Gasteiger partial charge in [-0.1, -0.05) is 31.6 Å². The number of hydrogen-bond acceptors (Lipinski definition) is 4. The predicted octanol–water partition coefficient (Wildman–Crippen LogP) is 4.39. The van der Waals surface area contributed by atoms with Crippen molar-refractivity contribution in [3.05, 3.63) is 23.3 Å². The van der Waals surface area contributed by atoms with Crippen molar-refractivity contribution in [1.29, 1.82) is 0 Å². The SMILES string of the molecule is CC(C)=CCC[C@@H](C)[C@]1(O)CC[C@@]2(C)C[C@@H]3[C@@H](C(=O)C[C@]3(C)O)/C(C=O)=C\C[C@@H]21. The van der Waals surface area contributed by atoms with Gasteiger partial charge in [0.05, 0.1) is 17.1 Å². The van der Waals surface area contributed by atoms with Crippen molar-refractivity contribution >= 4 is 12.1 Å². The highest BCUT2D eigenvalue weighted by molar-refractivity contribution is 5.94. The van der Waals surface area contributed by atoms with Crippen LogP contribution in [0.4, 0.5) is 0 Å². The van der Waals surface area contributed by atoms with E-state index in [0.29, 0.717) is 18.4 Å². The van der Waals surface area contributed by atoms with Gasteiger partial charge in [0.2, 0.25) is 0 Å². The van der Waals surface area contributed by atoms with E-state index in [1.807, 2.05) is 6.08 Å². The molecule has 0 spiro atoms. The third-order valence-corrected chi connectivity index (χ3v) is 8.40. The van der Waals surface area contributed by atoms with Crippen molar-refractivity contribution in [3.63, 3.8) is 0 Å². The molecule has 0 unspecified atom stereocenters. The molecular weight excluding hydrogens is 364 g/mol. The Hall–Kier alpha value is -1.26. The summed E-state index contributed by atoms with van der Waals surface area (Å²) in [5.41, 5.74) is -0.224. The number of ketones is 1. The van der Waals surface area contributed by atoms with Crippen molar-refractivity contribution < 1.29 is 19.8 Å². The number of allylic oxidation sites excluding steroid dienone is 4. The van der Waals surface area contributed by atoms with Gasteiger partial charge in [-0.2, -0.15) is 0 Å². The zero-order valence-electron chi connectivity index (χ0n) is 18.7. The first-order valence-corrected chi connectivity index (χ1v) is 11.2. The summed E-state index contributed by atoms with van der Waals surface area (Å²) in [4.78, 5) is 24.5. The van der Waals surface area contributed by atoms with Crippen LogP contribution >= 0.6 is 0 Å². The van der Waals surface area contributed by atoms with E-state index in [1.54, 1.807) is 6.92 Å². The molecule has 0 aromatic heterocycles. The topological polar surface area (TPSA) is 74.6 Å². The third kappa shape index (κ3) is 3.90. The summed E-state index contributed by atoms with van der Waals surface area (Å²) in [7, 11) is 0. The second-order valence-corrected chi connectivity index (χ2v) is 10.8. The van der Waals surface area contributed by atoms with Crippen LogP contribution in [0.25, 0.3) is 0 Å². The lowest BCUT2D eigenvalue weighted by Crippen LogP contribution is -2.47. The van der Waals surface area contributed by atoms with E-state index in [9.17, 15) is 19.8 Å². The molecule has 2 fully saturated rings. The molecule has 3 aliphatic carbocycles. The Morgan fingerprint density at radius 1 is 1.28 bits per heavy atom. The number of Topliss-reactive ketones (excluding diaryl/α,β-unsaturated/α-hetero) is 1. The van der Waals surface area contributed by atoms with Crippen LogP contribution in [0.2, 0.25) is 0 Å². The Balaban J connectivity index is 1.94. The number of hydrogen-bond donors (Lipinski definition) is 2. The molecule has 0 saturated heterocycles. The Bertz CT molecular complexity index is 729. The molecule has 29 heavy (non-hydrogen) atoms. The van der Waals surface area contributed by atoms with Gasteiger partial charge < -0.3 is 10.2 Å². The summed E-state index contributed by atoms with van der Waals surface area (Å²) in [6, 6.07) is 0. The average molecular weight is 403 g/mol. The van der Waals surface area contributed by atoms with Crippen LogP contribution in [0, 0.1) is 29.1 Å². The second kappa shape index (κ2) is 7.77. The van der Waals surface area contributed by atoms with Gasteiger partial charge in [-0.25, -0.2) is 0 Å². The smallest absolute Gasteiger partial charge is 0.146 e. The first-order chi connectivity index (χ1) is 13.4. The lowest BCUT2D eigenvalue weighted by molar-refractivity contribution is -0.121. The Labute approximate surface area is 175 Å². The molecule has 162 valence electrons. The van der Waals surface area contributed by atoms with Crippen molar-refractivity contribution in [2.75, 3.05) is 0 Å². The first-order valence-electron chi connectivity index (χ1n) is 11.2. The van der Waals surface area contributed by atoms with Crippen LogP contribution in [0.1, 0.15) is 79.6 Å². The molecule has 0 bridgehead atoms. The van der Waals surface area contributed by atoms with Gasteiger partial charge in [-0.15, -0.1) is 0 Å². The minimum Gasteiger partial charge on any atom is -0.389 e. The van der Waals surface area contributed by atoms with E-state index in [-0.39, 0.29) is 35.4 Å². The zero-order valence-corrected chi connectivity index (χ0v) is 18.7. The van der Waals surface area contributed by atoms with E-state index >= 15 is 0 Å². The highest BCUT2D eigenvalue weighted by Gasteiger charge is 2.60. The molecule has 3 rings (SSSR count). The van der Waals surface area contributed by atoms with Crippen molar-refractivity contribution in [2.45, 2.75) is 90.8 Å². The summed E-state index contributed by atoms with van der Waals surface area (Å²) in [5.74, 6) is -0.603. The second-order valence-electron chi connectivity index (χ2n) is 10.8. The summed E-state index contributed by atoms with van der Waals surface area (Å²) in [6.07, 6.45) is 9.83. The van der Waals surface area contributed by atoms with Gasteiger partial charge in [0, 0.05) is 12.3 Å². The number of aliphatic hydroxyl groups is 2. The molecule has 2 N–H and O–H groups in total. The van der Waals surface area contributed by atoms with Crippen molar-refractivity contribution in [3.8, 4) is 0 Å². The lowest BCUT2D eigenvalue weighted by Gasteiger charge is -2.45. The summed E-state index contributed by atoms with van der Waals surface area (Å²) in [6.45, 7) is 10.3. The van der Waals surface area contributed by atoms with Crippen LogP contribution in [-0.4, -0.2) is 33.5 Å². The van der Waals surface area contributed by atoms with E-state index in [0.717, 1.165) is 32.0 Å². The fraction of sp³-hybridized carbons (Fsp3) is 0.760. The fourth-order valence-electron chi connectivity index (χ4n) is 6.57. The monoisotopic (exact) mass is 402 g/mol. The summed E-state index contributed by atoms with van der Waals surface area (Å²) in [5, 5.41) is 22.8.